The lowest BCUT2D eigenvalue weighted by atomic mass is 9.84. The zero-order chi connectivity index (χ0) is 13.4. The first-order chi connectivity index (χ1) is 8.69. The number of hydrogen-bond acceptors (Lipinski definition) is 4. The number of ketones is 2. The summed E-state index contributed by atoms with van der Waals surface area (Å²) in [5.74, 6) is -0.106. The van der Waals surface area contributed by atoms with Crippen molar-refractivity contribution < 1.29 is 19.1 Å². The Morgan fingerprint density at radius 1 is 1.06 bits per heavy atom. The van der Waals surface area contributed by atoms with Gasteiger partial charge in [-0.05, 0) is 26.7 Å². The smallest absolute Gasteiger partial charge is 0.218 e. The molecule has 0 spiro atoms. The monoisotopic (exact) mass is 256 g/mol. The van der Waals surface area contributed by atoms with Crippen molar-refractivity contribution in [2.45, 2.75) is 58.7 Å². The predicted octanol–water partition coefficient (Wildman–Crippen LogP) is 2.49. The molecule has 4 nitrogen and oxygen atoms in total. The summed E-state index contributed by atoms with van der Waals surface area (Å²) in [5.41, 5.74) is 0. The zero-order valence-electron chi connectivity index (χ0n) is 11.4. The summed E-state index contributed by atoms with van der Waals surface area (Å²) in [6.45, 7) is 4.44. The van der Waals surface area contributed by atoms with Crippen molar-refractivity contribution in [1.82, 2.24) is 0 Å². The van der Waals surface area contributed by atoms with E-state index in [0.29, 0.717) is 13.2 Å². The van der Waals surface area contributed by atoms with Gasteiger partial charge in [0.15, 0.2) is 5.78 Å². The van der Waals surface area contributed by atoms with Gasteiger partial charge in [0.05, 0.1) is 6.42 Å². The molecule has 18 heavy (non-hydrogen) atoms. The maximum atomic E-state index is 12.0. The Kier molecular flexibility index (Phi) is 7.13. The number of hydrogen-bond donors (Lipinski definition) is 0. The normalized spacial score (nSPS) is 17.1. The van der Waals surface area contributed by atoms with Crippen LogP contribution in [0.1, 0.15) is 52.4 Å². The quantitative estimate of drug-likeness (QED) is 0.494. The topological polar surface area (TPSA) is 52.6 Å². The van der Waals surface area contributed by atoms with Crippen molar-refractivity contribution in [2.24, 2.45) is 5.92 Å². The summed E-state index contributed by atoms with van der Waals surface area (Å²) in [4.78, 5) is 23.9. The Hall–Kier alpha value is -0.740. The van der Waals surface area contributed by atoms with Crippen LogP contribution in [0.4, 0.5) is 0 Å². The zero-order valence-corrected chi connectivity index (χ0v) is 11.4. The van der Waals surface area contributed by atoms with E-state index in [9.17, 15) is 9.59 Å². The minimum absolute atomic E-state index is 0.0463. The van der Waals surface area contributed by atoms with E-state index < -0.39 is 6.29 Å². The molecule has 0 bridgehead atoms. The Morgan fingerprint density at radius 2 is 1.61 bits per heavy atom. The fraction of sp³-hybridized carbons (Fsp3) is 0.857. The summed E-state index contributed by atoms with van der Waals surface area (Å²) in [5, 5.41) is 0. The standard InChI is InChI=1S/C14H24O4/c1-3-17-14(18-4-2)13(16)10-12(15)11-8-6-5-7-9-11/h11,14H,3-10H2,1-2H3. The Labute approximate surface area is 109 Å². The maximum Gasteiger partial charge on any atom is 0.218 e. The van der Waals surface area contributed by atoms with Crippen LogP contribution < -0.4 is 0 Å². The second-order valence-electron chi connectivity index (χ2n) is 4.69. The Morgan fingerprint density at radius 3 is 2.11 bits per heavy atom. The van der Waals surface area contributed by atoms with E-state index in [1.54, 1.807) is 0 Å². The SMILES string of the molecule is CCOC(OCC)C(=O)CC(=O)C1CCCCC1. The minimum Gasteiger partial charge on any atom is -0.346 e. The lowest BCUT2D eigenvalue weighted by molar-refractivity contribution is -0.169. The van der Waals surface area contributed by atoms with Crippen LogP contribution in [0.3, 0.4) is 0 Å². The Bertz CT molecular complexity index is 263. The lowest BCUT2D eigenvalue weighted by Crippen LogP contribution is -2.31. The van der Waals surface area contributed by atoms with E-state index in [1.165, 1.54) is 6.42 Å². The highest BCUT2D eigenvalue weighted by atomic mass is 16.7. The van der Waals surface area contributed by atoms with Crippen LogP contribution in [-0.2, 0) is 19.1 Å². The predicted molar refractivity (Wildman–Crippen MR) is 68.2 cm³/mol. The van der Waals surface area contributed by atoms with E-state index in [0.717, 1.165) is 25.7 Å². The number of Topliss-reactive ketones (excluding diaryl/α,β-unsaturated/α-hetero) is 2. The molecule has 104 valence electrons. The number of carbonyl (C=O) groups excluding carboxylic acids is 2. The highest BCUT2D eigenvalue weighted by Crippen LogP contribution is 2.25. The van der Waals surface area contributed by atoms with Gasteiger partial charge in [-0.15, -0.1) is 0 Å². The molecule has 0 aliphatic heterocycles. The third-order valence-corrected chi connectivity index (χ3v) is 3.31. The number of ether oxygens (including phenoxy) is 2. The molecule has 0 heterocycles. The van der Waals surface area contributed by atoms with Crippen LogP contribution >= 0.6 is 0 Å². The largest absolute Gasteiger partial charge is 0.346 e. The van der Waals surface area contributed by atoms with Gasteiger partial charge in [0, 0.05) is 19.1 Å². The Balaban J connectivity index is 2.42. The van der Waals surface area contributed by atoms with E-state index in [1.807, 2.05) is 13.8 Å². The molecule has 0 saturated heterocycles. The summed E-state index contributed by atoms with van der Waals surface area (Å²) in [6, 6.07) is 0. The van der Waals surface area contributed by atoms with Crippen LogP contribution in [-0.4, -0.2) is 31.1 Å². The fourth-order valence-electron chi connectivity index (χ4n) is 2.36. The molecule has 1 aliphatic rings. The van der Waals surface area contributed by atoms with Crippen LogP contribution in [0.15, 0.2) is 0 Å². The van der Waals surface area contributed by atoms with Crippen molar-refractivity contribution >= 4 is 11.6 Å². The van der Waals surface area contributed by atoms with Crippen molar-refractivity contribution in [3.05, 3.63) is 0 Å². The van der Waals surface area contributed by atoms with Crippen molar-refractivity contribution in [1.29, 1.82) is 0 Å². The molecule has 0 radical (unpaired) electrons. The molecule has 0 aromatic rings. The molecule has 1 rings (SSSR count). The number of carbonyl (C=O) groups is 2. The van der Waals surface area contributed by atoms with Gasteiger partial charge in [0.1, 0.15) is 5.78 Å². The average Bonchev–Trinajstić information content (AvgIpc) is 2.39. The van der Waals surface area contributed by atoms with Gasteiger partial charge in [-0.2, -0.15) is 0 Å². The molecule has 0 amide bonds. The van der Waals surface area contributed by atoms with Crippen LogP contribution in [0.2, 0.25) is 0 Å². The molecular formula is C14H24O4. The van der Waals surface area contributed by atoms with Gasteiger partial charge < -0.3 is 9.47 Å². The van der Waals surface area contributed by atoms with Gasteiger partial charge in [0.25, 0.3) is 0 Å². The van der Waals surface area contributed by atoms with Gasteiger partial charge in [-0.3, -0.25) is 9.59 Å². The van der Waals surface area contributed by atoms with E-state index >= 15 is 0 Å². The molecule has 0 atom stereocenters. The summed E-state index contributed by atoms with van der Waals surface area (Å²) >= 11 is 0. The van der Waals surface area contributed by atoms with Crippen LogP contribution in [0.5, 0.6) is 0 Å². The summed E-state index contributed by atoms with van der Waals surface area (Å²) in [6.07, 6.45) is 4.36. The van der Waals surface area contributed by atoms with Gasteiger partial charge in [-0.1, -0.05) is 19.3 Å². The molecule has 0 aromatic heterocycles. The second kappa shape index (κ2) is 8.38. The van der Waals surface area contributed by atoms with Gasteiger partial charge in [-0.25, -0.2) is 0 Å². The average molecular weight is 256 g/mol. The summed E-state index contributed by atoms with van der Waals surface area (Å²) < 4.78 is 10.4. The molecule has 1 aliphatic carbocycles. The molecule has 1 saturated carbocycles. The van der Waals surface area contributed by atoms with Crippen LogP contribution in [0, 0.1) is 5.92 Å². The highest BCUT2D eigenvalue weighted by Gasteiger charge is 2.27. The first kappa shape index (κ1) is 15.3. The van der Waals surface area contributed by atoms with Gasteiger partial charge >= 0.3 is 0 Å². The molecule has 1 fully saturated rings. The minimum atomic E-state index is -0.868. The number of rotatable bonds is 8. The molecule has 0 unspecified atom stereocenters. The first-order valence-corrected chi connectivity index (χ1v) is 6.97. The third kappa shape index (κ3) is 4.86. The highest BCUT2D eigenvalue weighted by molar-refractivity contribution is 6.01. The van der Waals surface area contributed by atoms with E-state index in [-0.39, 0.29) is 23.9 Å². The second-order valence-corrected chi connectivity index (χ2v) is 4.69. The lowest BCUT2D eigenvalue weighted by Gasteiger charge is -2.21. The van der Waals surface area contributed by atoms with Crippen molar-refractivity contribution in [2.75, 3.05) is 13.2 Å². The van der Waals surface area contributed by atoms with Crippen molar-refractivity contribution in [3.8, 4) is 0 Å². The third-order valence-electron chi connectivity index (χ3n) is 3.31. The van der Waals surface area contributed by atoms with Crippen LogP contribution in [0.25, 0.3) is 0 Å². The first-order valence-electron chi connectivity index (χ1n) is 6.97. The molecular weight excluding hydrogens is 232 g/mol. The van der Waals surface area contributed by atoms with E-state index in [2.05, 4.69) is 0 Å². The summed E-state index contributed by atoms with van der Waals surface area (Å²) in [7, 11) is 0. The molecule has 4 heteroatoms. The van der Waals surface area contributed by atoms with E-state index in [4.69, 9.17) is 9.47 Å². The fourth-order valence-corrected chi connectivity index (χ4v) is 2.36. The maximum absolute atomic E-state index is 12.0. The van der Waals surface area contributed by atoms with Crippen molar-refractivity contribution in [3.63, 3.8) is 0 Å². The molecule has 0 N–H and O–H groups in total. The molecule has 0 aromatic carbocycles. The van der Waals surface area contributed by atoms with Gasteiger partial charge in [0.2, 0.25) is 6.29 Å².